The van der Waals surface area contributed by atoms with Crippen LogP contribution in [0.5, 0.6) is 0 Å². The van der Waals surface area contributed by atoms with Crippen molar-refractivity contribution in [1.82, 2.24) is 15.1 Å². The molecule has 0 saturated heterocycles. The molecule has 1 amide bonds. The summed E-state index contributed by atoms with van der Waals surface area (Å²) in [6.07, 6.45) is 2.65. The van der Waals surface area contributed by atoms with Gasteiger partial charge in [0.2, 0.25) is 0 Å². The lowest BCUT2D eigenvalue weighted by molar-refractivity contribution is -0.138. The molecule has 1 unspecified atom stereocenters. The Morgan fingerprint density at radius 3 is 2.68 bits per heavy atom. The third-order valence-electron chi connectivity index (χ3n) is 3.86. The van der Waals surface area contributed by atoms with Crippen LogP contribution in [0.4, 0.5) is 0 Å². The first-order valence-corrected chi connectivity index (χ1v) is 7.28. The van der Waals surface area contributed by atoms with Gasteiger partial charge in [-0.3, -0.25) is 9.59 Å². The number of fused-ring (bicyclic) bond motifs is 1. The second-order valence-corrected chi connectivity index (χ2v) is 5.41. The zero-order valence-electron chi connectivity index (χ0n) is 12.2. The van der Waals surface area contributed by atoms with Gasteiger partial charge in [0.05, 0.1) is 5.69 Å². The number of amides is 1. The maximum absolute atomic E-state index is 12.3. The van der Waals surface area contributed by atoms with E-state index in [1.807, 2.05) is 30.3 Å². The zero-order chi connectivity index (χ0) is 15.7. The summed E-state index contributed by atoms with van der Waals surface area (Å²) in [6.45, 7) is 1.44. The van der Waals surface area contributed by atoms with Crippen LogP contribution in [0.2, 0.25) is 0 Å². The predicted molar refractivity (Wildman–Crippen MR) is 80.2 cm³/mol. The fraction of sp³-hybridized carbons (Fsp3) is 0.312. The van der Waals surface area contributed by atoms with Crippen LogP contribution in [0, 0.1) is 0 Å². The molecule has 0 fully saturated rings. The molecule has 114 valence electrons. The van der Waals surface area contributed by atoms with Crippen molar-refractivity contribution in [1.29, 1.82) is 0 Å². The lowest BCUT2D eigenvalue weighted by Gasteiger charge is -2.08. The van der Waals surface area contributed by atoms with Crippen LogP contribution < -0.4 is 5.32 Å². The Kier molecular flexibility index (Phi) is 3.66. The minimum Gasteiger partial charge on any atom is -0.480 e. The van der Waals surface area contributed by atoms with Gasteiger partial charge in [-0.25, -0.2) is 4.68 Å². The molecule has 0 saturated carbocycles. The van der Waals surface area contributed by atoms with E-state index in [2.05, 4.69) is 10.4 Å². The average Bonchev–Trinajstić information content (AvgIpc) is 3.09. The number of hydrogen-bond donors (Lipinski definition) is 2. The first-order valence-electron chi connectivity index (χ1n) is 7.28. The molecule has 0 bridgehead atoms. The molecule has 1 aliphatic rings. The van der Waals surface area contributed by atoms with Crippen molar-refractivity contribution >= 4 is 11.9 Å². The highest BCUT2D eigenvalue weighted by Crippen LogP contribution is 2.27. The summed E-state index contributed by atoms with van der Waals surface area (Å²) in [6, 6.07) is 8.71. The number of aromatic nitrogens is 2. The van der Waals surface area contributed by atoms with Crippen molar-refractivity contribution < 1.29 is 14.7 Å². The standard InChI is InChI=1S/C16H17N3O3/c1-10(16(21)22)17-15(20)14-12-8-5-9-13(12)19(18-14)11-6-3-2-4-7-11/h2-4,6-7,10H,5,8-9H2,1H3,(H,17,20)(H,21,22). The summed E-state index contributed by atoms with van der Waals surface area (Å²) in [4.78, 5) is 23.2. The van der Waals surface area contributed by atoms with Gasteiger partial charge in [-0.05, 0) is 38.3 Å². The van der Waals surface area contributed by atoms with E-state index in [1.165, 1.54) is 6.92 Å². The molecular formula is C16H17N3O3. The van der Waals surface area contributed by atoms with Crippen molar-refractivity contribution in [3.63, 3.8) is 0 Å². The van der Waals surface area contributed by atoms with Crippen LogP contribution in [0.15, 0.2) is 30.3 Å². The molecule has 22 heavy (non-hydrogen) atoms. The number of hydrogen-bond acceptors (Lipinski definition) is 3. The van der Waals surface area contributed by atoms with Gasteiger partial charge in [0.25, 0.3) is 5.91 Å². The Morgan fingerprint density at radius 2 is 2.00 bits per heavy atom. The monoisotopic (exact) mass is 299 g/mol. The molecule has 3 rings (SSSR count). The summed E-state index contributed by atoms with van der Waals surface area (Å²) >= 11 is 0. The van der Waals surface area contributed by atoms with Crippen molar-refractivity contribution in [2.75, 3.05) is 0 Å². The summed E-state index contributed by atoms with van der Waals surface area (Å²) in [5.74, 6) is -1.49. The largest absolute Gasteiger partial charge is 0.480 e. The highest BCUT2D eigenvalue weighted by atomic mass is 16.4. The molecule has 2 aromatic rings. The Morgan fingerprint density at radius 1 is 1.27 bits per heavy atom. The van der Waals surface area contributed by atoms with Crippen LogP contribution in [-0.2, 0) is 17.6 Å². The number of carboxylic acids is 1. The van der Waals surface area contributed by atoms with E-state index in [1.54, 1.807) is 4.68 Å². The number of para-hydroxylation sites is 1. The molecule has 1 aliphatic carbocycles. The van der Waals surface area contributed by atoms with Crippen LogP contribution >= 0.6 is 0 Å². The molecular weight excluding hydrogens is 282 g/mol. The molecule has 0 aliphatic heterocycles. The van der Waals surface area contributed by atoms with Gasteiger partial charge < -0.3 is 10.4 Å². The topological polar surface area (TPSA) is 84.2 Å². The number of carbonyl (C=O) groups excluding carboxylic acids is 1. The van der Waals surface area contributed by atoms with E-state index in [9.17, 15) is 9.59 Å². The fourth-order valence-corrected chi connectivity index (χ4v) is 2.73. The predicted octanol–water partition coefficient (Wildman–Crippen LogP) is 1.56. The molecule has 1 heterocycles. The number of rotatable bonds is 4. The van der Waals surface area contributed by atoms with Gasteiger partial charge in [-0.1, -0.05) is 18.2 Å². The van der Waals surface area contributed by atoms with Gasteiger partial charge in [-0.15, -0.1) is 0 Å². The number of nitrogens with zero attached hydrogens (tertiary/aromatic N) is 2. The third-order valence-corrected chi connectivity index (χ3v) is 3.86. The summed E-state index contributed by atoms with van der Waals surface area (Å²) < 4.78 is 1.79. The molecule has 6 nitrogen and oxygen atoms in total. The first kappa shape index (κ1) is 14.3. The van der Waals surface area contributed by atoms with Gasteiger partial charge >= 0.3 is 5.97 Å². The minimum atomic E-state index is -1.06. The molecule has 0 spiro atoms. The van der Waals surface area contributed by atoms with Crippen molar-refractivity contribution in [2.45, 2.75) is 32.2 Å². The van der Waals surface area contributed by atoms with Crippen molar-refractivity contribution in [2.24, 2.45) is 0 Å². The maximum Gasteiger partial charge on any atom is 0.325 e. The molecule has 1 aromatic carbocycles. The van der Waals surface area contributed by atoms with Crippen LogP contribution in [0.3, 0.4) is 0 Å². The number of aliphatic carboxylic acids is 1. The Hall–Kier alpha value is -2.63. The number of carbonyl (C=O) groups is 2. The quantitative estimate of drug-likeness (QED) is 0.897. The smallest absolute Gasteiger partial charge is 0.325 e. The molecule has 2 N–H and O–H groups in total. The average molecular weight is 299 g/mol. The number of benzene rings is 1. The summed E-state index contributed by atoms with van der Waals surface area (Å²) in [7, 11) is 0. The second-order valence-electron chi connectivity index (χ2n) is 5.41. The van der Waals surface area contributed by atoms with E-state index in [0.717, 1.165) is 36.2 Å². The SMILES string of the molecule is CC(NC(=O)c1nn(-c2ccccc2)c2c1CCC2)C(=O)O. The molecule has 1 atom stereocenters. The lowest BCUT2D eigenvalue weighted by Crippen LogP contribution is -2.38. The minimum absolute atomic E-state index is 0.337. The fourth-order valence-electron chi connectivity index (χ4n) is 2.73. The van der Waals surface area contributed by atoms with Crippen LogP contribution in [0.1, 0.15) is 35.1 Å². The Labute approximate surface area is 127 Å². The van der Waals surface area contributed by atoms with E-state index in [-0.39, 0.29) is 0 Å². The molecule has 6 heteroatoms. The highest BCUT2D eigenvalue weighted by Gasteiger charge is 2.28. The highest BCUT2D eigenvalue weighted by molar-refractivity contribution is 5.96. The second kappa shape index (κ2) is 5.63. The van der Waals surface area contributed by atoms with E-state index in [4.69, 9.17) is 5.11 Å². The van der Waals surface area contributed by atoms with E-state index >= 15 is 0 Å². The molecule has 0 radical (unpaired) electrons. The number of carboxylic acid groups (broad SMARTS) is 1. The Bertz CT molecular complexity index is 722. The zero-order valence-corrected chi connectivity index (χ0v) is 12.2. The maximum atomic E-state index is 12.3. The van der Waals surface area contributed by atoms with Gasteiger partial charge in [0, 0.05) is 11.3 Å². The van der Waals surface area contributed by atoms with Crippen LogP contribution in [0.25, 0.3) is 5.69 Å². The van der Waals surface area contributed by atoms with E-state index < -0.39 is 17.9 Å². The number of nitrogens with one attached hydrogen (secondary N) is 1. The van der Waals surface area contributed by atoms with Crippen molar-refractivity contribution in [3.8, 4) is 5.69 Å². The summed E-state index contributed by atoms with van der Waals surface area (Å²) in [5.41, 5.74) is 3.22. The summed E-state index contributed by atoms with van der Waals surface area (Å²) in [5, 5.41) is 15.8. The molecule has 1 aromatic heterocycles. The van der Waals surface area contributed by atoms with E-state index in [0.29, 0.717) is 5.69 Å². The normalized spacial score (nSPS) is 14.4. The third kappa shape index (κ3) is 2.47. The van der Waals surface area contributed by atoms with Gasteiger partial charge in [0.1, 0.15) is 6.04 Å². The van der Waals surface area contributed by atoms with Gasteiger partial charge in [-0.2, -0.15) is 5.10 Å². The first-order chi connectivity index (χ1) is 10.6. The lowest BCUT2D eigenvalue weighted by atomic mass is 10.2. The van der Waals surface area contributed by atoms with Crippen LogP contribution in [-0.4, -0.2) is 32.8 Å². The van der Waals surface area contributed by atoms with Crippen molar-refractivity contribution in [3.05, 3.63) is 47.3 Å². The van der Waals surface area contributed by atoms with Gasteiger partial charge in [0.15, 0.2) is 5.69 Å². The Balaban J connectivity index is 1.97.